The van der Waals surface area contributed by atoms with Gasteiger partial charge in [-0.25, -0.2) is 4.68 Å². The average molecular weight is 260 g/mol. The lowest BCUT2D eigenvalue weighted by atomic mass is 10.4. The number of anilines is 1. The van der Waals surface area contributed by atoms with Crippen molar-refractivity contribution >= 4 is 21.6 Å². The summed E-state index contributed by atoms with van der Waals surface area (Å²) in [4.78, 5) is 11.6. The van der Waals surface area contributed by atoms with E-state index in [0.29, 0.717) is 11.0 Å². The third kappa shape index (κ3) is 2.35. The van der Waals surface area contributed by atoms with Crippen molar-refractivity contribution in [3.8, 4) is 0 Å². The molecular weight excluding hydrogens is 246 g/mol. The summed E-state index contributed by atoms with van der Waals surface area (Å²) in [6.45, 7) is 5.39. The number of rotatable bonds is 4. The van der Waals surface area contributed by atoms with Gasteiger partial charge in [-0.3, -0.25) is 4.79 Å². The van der Waals surface area contributed by atoms with Crippen molar-refractivity contribution in [2.75, 3.05) is 11.9 Å². The van der Waals surface area contributed by atoms with Crippen molar-refractivity contribution in [3.05, 3.63) is 21.0 Å². The zero-order valence-corrected chi connectivity index (χ0v) is 9.97. The quantitative estimate of drug-likeness (QED) is 0.898. The Morgan fingerprint density at radius 2 is 2.29 bits per heavy atom. The van der Waals surface area contributed by atoms with E-state index in [9.17, 15) is 4.79 Å². The van der Waals surface area contributed by atoms with Crippen molar-refractivity contribution in [1.82, 2.24) is 9.78 Å². The van der Waals surface area contributed by atoms with Crippen molar-refractivity contribution in [1.29, 1.82) is 0 Å². The van der Waals surface area contributed by atoms with Crippen LogP contribution in [0.3, 0.4) is 0 Å². The van der Waals surface area contributed by atoms with Crippen molar-refractivity contribution in [2.24, 2.45) is 0 Å². The van der Waals surface area contributed by atoms with Crippen LogP contribution in [-0.4, -0.2) is 16.3 Å². The lowest BCUT2D eigenvalue weighted by Crippen LogP contribution is -2.23. The SMILES string of the molecule is CCCNc1cnn(CC)c(=O)c1Br. The molecule has 0 atom stereocenters. The number of aromatic nitrogens is 2. The predicted octanol–water partition coefficient (Wildman–Crippen LogP) is 1.85. The van der Waals surface area contributed by atoms with Crippen LogP contribution in [-0.2, 0) is 6.54 Å². The van der Waals surface area contributed by atoms with Gasteiger partial charge in [0.2, 0.25) is 0 Å². The molecule has 5 heteroatoms. The number of nitrogens with zero attached hydrogens (tertiary/aromatic N) is 2. The Bertz CT molecular complexity index is 362. The van der Waals surface area contributed by atoms with Crippen LogP contribution in [0.25, 0.3) is 0 Å². The Balaban J connectivity index is 2.99. The smallest absolute Gasteiger partial charge is 0.283 e. The number of aryl methyl sites for hydroxylation is 1. The molecule has 0 aliphatic rings. The van der Waals surface area contributed by atoms with Crippen LogP contribution >= 0.6 is 15.9 Å². The number of nitrogens with one attached hydrogen (secondary N) is 1. The lowest BCUT2D eigenvalue weighted by Gasteiger charge is -2.07. The minimum absolute atomic E-state index is 0.0893. The molecule has 0 unspecified atom stereocenters. The van der Waals surface area contributed by atoms with E-state index in [2.05, 4.69) is 33.3 Å². The first-order valence-electron chi connectivity index (χ1n) is 4.70. The highest BCUT2D eigenvalue weighted by Gasteiger charge is 2.06. The highest BCUT2D eigenvalue weighted by Crippen LogP contribution is 2.15. The standard InChI is InChI=1S/C9H14BrN3O/c1-3-5-11-7-6-12-13(4-2)9(14)8(7)10/h6,11H,3-5H2,1-2H3. The Kier molecular flexibility index (Phi) is 4.13. The second-order valence-electron chi connectivity index (χ2n) is 2.92. The molecule has 0 amide bonds. The minimum Gasteiger partial charge on any atom is -0.383 e. The fourth-order valence-electron chi connectivity index (χ4n) is 1.07. The maximum Gasteiger partial charge on any atom is 0.283 e. The third-order valence-electron chi connectivity index (χ3n) is 1.85. The van der Waals surface area contributed by atoms with Gasteiger partial charge in [0.05, 0.1) is 11.9 Å². The van der Waals surface area contributed by atoms with E-state index in [1.165, 1.54) is 4.68 Å². The second-order valence-corrected chi connectivity index (χ2v) is 3.71. The first-order chi connectivity index (χ1) is 6.70. The second kappa shape index (κ2) is 5.14. The first-order valence-corrected chi connectivity index (χ1v) is 5.49. The molecule has 1 rings (SSSR count). The molecule has 0 radical (unpaired) electrons. The molecule has 14 heavy (non-hydrogen) atoms. The van der Waals surface area contributed by atoms with Crippen LogP contribution in [0.4, 0.5) is 5.69 Å². The molecular formula is C9H14BrN3O. The molecule has 0 saturated carbocycles. The van der Waals surface area contributed by atoms with Gasteiger partial charge in [0.15, 0.2) is 0 Å². The summed E-state index contributed by atoms with van der Waals surface area (Å²) in [5.74, 6) is 0. The van der Waals surface area contributed by atoms with Crippen LogP contribution in [0.15, 0.2) is 15.5 Å². The van der Waals surface area contributed by atoms with Crippen LogP contribution in [0.5, 0.6) is 0 Å². The molecule has 4 nitrogen and oxygen atoms in total. The van der Waals surface area contributed by atoms with Gasteiger partial charge >= 0.3 is 0 Å². The summed E-state index contributed by atoms with van der Waals surface area (Å²) in [5.41, 5.74) is 0.676. The number of halogens is 1. The summed E-state index contributed by atoms with van der Waals surface area (Å²) in [7, 11) is 0. The van der Waals surface area contributed by atoms with E-state index in [0.717, 1.165) is 18.7 Å². The van der Waals surface area contributed by atoms with Crippen LogP contribution in [0, 0.1) is 0 Å². The van der Waals surface area contributed by atoms with Crippen molar-refractivity contribution in [2.45, 2.75) is 26.8 Å². The number of hydrogen-bond acceptors (Lipinski definition) is 3. The Morgan fingerprint density at radius 3 is 2.86 bits per heavy atom. The Labute approximate surface area is 91.5 Å². The third-order valence-corrected chi connectivity index (χ3v) is 2.62. The van der Waals surface area contributed by atoms with Crippen LogP contribution < -0.4 is 10.9 Å². The van der Waals surface area contributed by atoms with E-state index in [1.54, 1.807) is 6.20 Å². The van der Waals surface area contributed by atoms with E-state index in [4.69, 9.17) is 0 Å². The average Bonchev–Trinajstić information content (AvgIpc) is 2.20. The van der Waals surface area contributed by atoms with Gasteiger partial charge in [0, 0.05) is 13.1 Å². The maximum atomic E-state index is 11.6. The summed E-state index contributed by atoms with van der Waals surface area (Å²) in [6, 6.07) is 0. The molecule has 0 bridgehead atoms. The molecule has 0 aliphatic carbocycles. The van der Waals surface area contributed by atoms with Gasteiger partial charge in [-0.1, -0.05) is 6.92 Å². The lowest BCUT2D eigenvalue weighted by molar-refractivity contribution is 0.613. The molecule has 0 fully saturated rings. The van der Waals surface area contributed by atoms with E-state index < -0.39 is 0 Å². The summed E-state index contributed by atoms with van der Waals surface area (Å²) in [6.07, 6.45) is 2.69. The summed E-state index contributed by atoms with van der Waals surface area (Å²) in [5, 5.41) is 7.15. The minimum atomic E-state index is -0.0893. The molecule has 0 saturated heterocycles. The predicted molar refractivity (Wildman–Crippen MR) is 60.7 cm³/mol. The van der Waals surface area contributed by atoms with Crippen molar-refractivity contribution < 1.29 is 0 Å². The van der Waals surface area contributed by atoms with E-state index in [-0.39, 0.29) is 5.56 Å². The van der Waals surface area contributed by atoms with Crippen LogP contribution in [0.1, 0.15) is 20.3 Å². The van der Waals surface area contributed by atoms with Gasteiger partial charge in [-0.15, -0.1) is 0 Å². The highest BCUT2D eigenvalue weighted by atomic mass is 79.9. The topological polar surface area (TPSA) is 46.9 Å². The fraction of sp³-hybridized carbons (Fsp3) is 0.556. The molecule has 1 aromatic heterocycles. The molecule has 0 spiro atoms. The Hall–Kier alpha value is -0.840. The summed E-state index contributed by atoms with van der Waals surface area (Å²) >= 11 is 3.27. The fourth-order valence-corrected chi connectivity index (χ4v) is 1.52. The van der Waals surface area contributed by atoms with Crippen LogP contribution in [0.2, 0.25) is 0 Å². The number of hydrogen-bond donors (Lipinski definition) is 1. The highest BCUT2D eigenvalue weighted by molar-refractivity contribution is 9.10. The molecule has 1 aromatic rings. The Morgan fingerprint density at radius 1 is 1.57 bits per heavy atom. The summed E-state index contributed by atoms with van der Waals surface area (Å²) < 4.78 is 1.98. The normalized spacial score (nSPS) is 10.2. The molecule has 0 aliphatic heterocycles. The largest absolute Gasteiger partial charge is 0.383 e. The van der Waals surface area contributed by atoms with Gasteiger partial charge in [0.25, 0.3) is 5.56 Å². The maximum absolute atomic E-state index is 11.6. The van der Waals surface area contributed by atoms with E-state index in [1.807, 2.05) is 6.92 Å². The van der Waals surface area contributed by atoms with Gasteiger partial charge < -0.3 is 5.32 Å². The van der Waals surface area contributed by atoms with Crippen molar-refractivity contribution in [3.63, 3.8) is 0 Å². The molecule has 1 N–H and O–H groups in total. The zero-order valence-electron chi connectivity index (χ0n) is 8.38. The molecule has 1 heterocycles. The monoisotopic (exact) mass is 259 g/mol. The van der Waals surface area contributed by atoms with Gasteiger partial charge in [-0.2, -0.15) is 5.10 Å². The molecule has 78 valence electrons. The zero-order chi connectivity index (χ0) is 10.6. The molecule has 0 aromatic carbocycles. The van der Waals surface area contributed by atoms with E-state index >= 15 is 0 Å². The van der Waals surface area contributed by atoms with Gasteiger partial charge in [-0.05, 0) is 29.3 Å². The van der Waals surface area contributed by atoms with Gasteiger partial charge in [0.1, 0.15) is 4.47 Å². The first kappa shape index (κ1) is 11.2.